The second kappa shape index (κ2) is 6.82. The summed E-state index contributed by atoms with van der Waals surface area (Å²) in [6.45, 7) is 8.66. The monoisotopic (exact) mass is 281 g/mol. The summed E-state index contributed by atoms with van der Waals surface area (Å²) in [5.74, 6) is 0. The molecular weight excluding hydrogens is 254 g/mol. The maximum Gasteiger partial charge on any atom is 0.0900 e. The smallest absolute Gasteiger partial charge is 0.0900 e. The van der Waals surface area contributed by atoms with Crippen molar-refractivity contribution in [1.29, 1.82) is 0 Å². The normalized spacial score (nSPS) is 18.4. The highest BCUT2D eigenvalue weighted by Gasteiger charge is 2.19. The maximum absolute atomic E-state index is 4.63. The second-order valence-electron chi connectivity index (χ2n) is 5.77. The molecule has 1 N–H and O–H groups in total. The van der Waals surface area contributed by atoms with Crippen molar-refractivity contribution in [1.82, 2.24) is 15.2 Å². The molecule has 1 unspecified atom stereocenters. The SMILES string of the molecule is Cc1nc(C(C)NCCN(C)C2CCCC2)c(C)s1. The lowest BCUT2D eigenvalue weighted by Crippen LogP contribution is -2.36. The van der Waals surface area contributed by atoms with Crippen LogP contribution in [0, 0.1) is 13.8 Å². The predicted octanol–water partition coefficient (Wildman–Crippen LogP) is 3.28. The van der Waals surface area contributed by atoms with Crippen LogP contribution in [0.1, 0.15) is 54.2 Å². The summed E-state index contributed by atoms with van der Waals surface area (Å²) in [5.41, 5.74) is 1.23. The number of hydrogen-bond donors (Lipinski definition) is 1. The van der Waals surface area contributed by atoms with Crippen LogP contribution in [-0.4, -0.2) is 36.1 Å². The Balaban J connectivity index is 1.74. The molecule has 2 rings (SSSR count). The van der Waals surface area contributed by atoms with Crippen molar-refractivity contribution in [2.75, 3.05) is 20.1 Å². The number of hydrogen-bond acceptors (Lipinski definition) is 4. The molecule has 1 aromatic heterocycles. The molecule has 1 saturated carbocycles. The molecule has 4 heteroatoms. The van der Waals surface area contributed by atoms with Crippen LogP contribution in [0.2, 0.25) is 0 Å². The number of rotatable bonds is 6. The fourth-order valence-electron chi connectivity index (χ4n) is 3.03. The van der Waals surface area contributed by atoms with Crippen molar-refractivity contribution < 1.29 is 0 Å². The zero-order valence-electron chi connectivity index (χ0n) is 12.7. The minimum absolute atomic E-state index is 0.363. The van der Waals surface area contributed by atoms with Crippen molar-refractivity contribution in [2.45, 2.75) is 58.5 Å². The first-order chi connectivity index (χ1) is 9.08. The van der Waals surface area contributed by atoms with Crippen molar-refractivity contribution in [3.8, 4) is 0 Å². The standard InChI is InChI=1S/C15H27N3S/c1-11(15-12(2)19-13(3)17-15)16-9-10-18(4)14-7-5-6-8-14/h11,14,16H,5-10H2,1-4H3. The van der Waals surface area contributed by atoms with Crippen LogP contribution in [0.5, 0.6) is 0 Å². The molecule has 0 bridgehead atoms. The Kier molecular flexibility index (Phi) is 5.37. The van der Waals surface area contributed by atoms with E-state index >= 15 is 0 Å². The second-order valence-corrected chi connectivity index (χ2v) is 7.18. The third kappa shape index (κ3) is 4.01. The predicted molar refractivity (Wildman–Crippen MR) is 82.9 cm³/mol. The first-order valence-electron chi connectivity index (χ1n) is 7.45. The van der Waals surface area contributed by atoms with Crippen molar-refractivity contribution in [2.24, 2.45) is 0 Å². The molecule has 1 aliphatic carbocycles. The van der Waals surface area contributed by atoms with Gasteiger partial charge in [-0.15, -0.1) is 11.3 Å². The van der Waals surface area contributed by atoms with Gasteiger partial charge in [-0.3, -0.25) is 0 Å². The van der Waals surface area contributed by atoms with E-state index in [1.54, 1.807) is 11.3 Å². The summed E-state index contributed by atoms with van der Waals surface area (Å²) in [5, 5.41) is 4.78. The summed E-state index contributed by atoms with van der Waals surface area (Å²) in [4.78, 5) is 8.50. The fraction of sp³-hybridized carbons (Fsp3) is 0.800. The number of aryl methyl sites for hydroxylation is 2. The van der Waals surface area contributed by atoms with Crippen LogP contribution >= 0.6 is 11.3 Å². The molecule has 0 aromatic carbocycles. The molecule has 0 aliphatic heterocycles. The lowest BCUT2D eigenvalue weighted by atomic mass is 10.2. The van der Waals surface area contributed by atoms with Gasteiger partial charge >= 0.3 is 0 Å². The molecule has 108 valence electrons. The summed E-state index contributed by atoms with van der Waals surface area (Å²) >= 11 is 1.80. The van der Waals surface area contributed by atoms with Crippen LogP contribution in [-0.2, 0) is 0 Å². The van der Waals surface area contributed by atoms with Crippen molar-refractivity contribution >= 4 is 11.3 Å². The zero-order chi connectivity index (χ0) is 13.8. The van der Waals surface area contributed by atoms with E-state index in [2.05, 4.69) is 43.0 Å². The van der Waals surface area contributed by atoms with Gasteiger partial charge in [0.2, 0.25) is 0 Å². The Hall–Kier alpha value is -0.450. The van der Waals surface area contributed by atoms with E-state index in [0.717, 1.165) is 19.1 Å². The molecule has 1 fully saturated rings. The van der Waals surface area contributed by atoms with Gasteiger partial charge in [0, 0.05) is 30.1 Å². The van der Waals surface area contributed by atoms with Crippen molar-refractivity contribution in [3.05, 3.63) is 15.6 Å². The topological polar surface area (TPSA) is 28.2 Å². The number of nitrogens with one attached hydrogen (secondary N) is 1. The average molecular weight is 281 g/mol. The molecule has 0 saturated heterocycles. The highest BCUT2D eigenvalue weighted by atomic mass is 32.1. The quantitative estimate of drug-likeness (QED) is 0.867. The van der Waals surface area contributed by atoms with Gasteiger partial charge in [0.1, 0.15) is 0 Å². The minimum atomic E-state index is 0.363. The lowest BCUT2D eigenvalue weighted by Gasteiger charge is -2.24. The molecule has 1 aromatic rings. The fourth-order valence-corrected chi connectivity index (χ4v) is 3.94. The molecule has 0 radical (unpaired) electrons. The van der Waals surface area contributed by atoms with E-state index in [1.807, 2.05) is 0 Å². The molecule has 1 atom stereocenters. The molecule has 0 amide bonds. The lowest BCUT2D eigenvalue weighted by molar-refractivity contribution is 0.243. The maximum atomic E-state index is 4.63. The zero-order valence-corrected chi connectivity index (χ0v) is 13.5. The Bertz CT molecular complexity index is 396. The summed E-state index contributed by atoms with van der Waals surface area (Å²) < 4.78 is 0. The molecule has 1 aliphatic rings. The number of likely N-dealkylation sites (N-methyl/N-ethyl adjacent to an activating group) is 1. The van der Waals surface area contributed by atoms with Crippen LogP contribution in [0.4, 0.5) is 0 Å². The third-order valence-corrected chi connectivity index (χ3v) is 5.11. The van der Waals surface area contributed by atoms with E-state index in [4.69, 9.17) is 0 Å². The Morgan fingerprint density at radius 1 is 1.37 bits per heavy atom. The van der Waals surface area contributed by atoms with Gasteiger partial charge in [-0.25, -0.2) is 4.98 Å². The molecule has 3 nitrogen and oxygen atoms in total. The van der Waals surface area contributed by atoms with E-state index in [0.29, 0.717) is 6.04 Å². The third-order valence-electron chi connectivity index (χ3n) is 4.21. The van der Waals surface area contributed by atoms with E-state index in [-0.39, 0.29) is 0 Å². The largest absolute Gasteiger partial charge is 0.308 e. The van der Waals surface area contributed by atoms with E-state index < -0.39 is 0 Å². The summed E-state index contributed by atoms with van der Waals surface area (Å²) in [6.07, 6.45) is 5.60. The average Bonchev–Trinajstić information content (AvgIpc) is 2.98. The molecular formula is C15H27N3S. The molecule has 0 spiro atoms. The highest BCUT2D eigenvalue weighted by molar-refractivity contribution is 7.11. The van der Waals surface area contributed by atoms with Crippen LogP contribution in [0.15, 0.2) is 0 Å². The molecule has 1 heterocycles. The van der Waals surface area contributed by atoms with Gasteiger partial charge in [-0.05, 0) is 40.7 Å². The van der Waals surface area contributed by atoms with Crippen LogP contribution in [0.25, 0.3) is 0 Å². The van der Waals surface area contributed by atoms with Gasteiger partial charge in [0.05, 0.1) is 10.7 Å². The van der Waals surface area contributed by atoms with Crippen LogP contribution < -0.4 is 5.32 Å². The van der Waals surface area contributed by atoms with E-state index in [1.165, 1.54) is 41.3 Å². The first-order valence-corrected chi connectivity index (χ1v) is 8.27. The number of aromatic nitrogens is 1. The van der Waals surface area contributed by atoms with Crippen LogP contribution in [0.3, 0.4) is 0 Å². The van der Waals surface area contributed by atoms with Gasteiger partial charge in [0.25, 0.3) is 0 Å². The summed E-state index contributed by atoms with van der Waals surface area (Å²) in [7, 11) is 2.26. The molecule has 19 heavy (non-hydrogen) atoms. The van der Waals surface area contributed by atoms with E-state index in [9.17, 15) is 0 Å². The Labute approximate surface area is 121 Å². The number of nitrogens with zero attached hydrogens (tertiary/aromatic N) is 2. The number of thiazole rings is 1. The Morgan fingerprint density at radius 2 is 2.05 bits per heavy atom. The highest BCUT2D eigenvalue weighted by Crippen LogP contribution is 2.23. The van der Waals surface area contributed by atoms with Crippen molar-refractivity contribution in [3.63, 3.8) is 0 Å². The minimum Gasteiger partial charge on any atom is -0.308 e. The Morgan fingerprint density at radius 3 is 2.63 bits per heavy atom. The van der Waals surface area contributed by atoms with Gasteiger partial charge in [-0.1, -0.05) is 12.8 Å². The van der Waals surface area contributed by atoms with Gasteiger partial charge in [-0.2, -0.15) is 0 Å². The van der Waals surface area contributed by atoms with Gasteiger partial charge in [0.15, 0.2) is 0 Å². The first kappa shape index (κ1) is 14.9. The van der Waals surface area contributed by atoms with Gasteiger partial charge < -0.3 is 10.2 Å². The summed E-state index contributed by atoms with van der Waals surface area (Å²) in [6, 6.07) is 1.18.